The van der Waals surface area contributed by atoms with E-state index in [4.69, 9.17) is 0 Å². The second kappa shape index (κ2) is 6.09. The molecule has 1 aliphatic heterocycles. The van der Waals surface area contributed by atoms with E-state index in [0.717, 1.165) is 43.8 Å². The molecule has 31 heavy (non-hydrogen) atoms. The number of nitrogens with zero attached hydrogens (tertiary/aromatic N) is 2. The second-order valence-electron chi connectivity index (χ2n) is 10.9. The molecule has 0 radical (unpaired) electrons. The zero-order valence-corrected chi connectivity index (χ0v) is 17.7. The molecule has 6 atom stereocenters. The zero-order valence-electron chi connectivity index (χ0n) is 17.7. The van der Waals surface area contributed by atoms with Crippen molar-refractivity contribution >= 4 is 17.5 Å². The van der Waals surface area contributed by atoms with Gasteiger partial charge in [0.25, 0.3) is 11.8 Å². The van der Waals surface area contributed by atoms with Crippen LogP contribution in [-0.4, -0.2) is 46.9 Å². The molecule has 162 valence electrons. The third kappa shape index (κ3) is 2.71. The van der Waals surface area contributed by atoms with Crippen molar-refractivity contribution in [3.8, 4) is 0 Å². The molecule has 5 aliphatic rings. The lowest BCUT2D eigenvalue weighted by atomic mass is 9.71. The van der Waals surface area contributed by atoms with Crippen LogP contribution in [0.25, 0.3) is 5.65 Å². The van der Waals surface area contributed by atoms with E-state index in [0.29, 0.717) is 27.9 Å². The minimum absolute atomic E-state index is 0.0723. The van der Waals surface area contributed by atoms with Crippen LogP contribution in [0.1, 0.15) is 59.5 Å². The molecule has 5 fully saturated rings. The minimum Gasteiger partial charge on any atom is -0.350 e. The molecular formula is C24H29N5O2. The van der Waals surface area contributed by atoms with Crippen LogP contribution in [0.3, 0.4) is 0 Å². The van der Waals surface area contributed by atoms with Crippen molar-refractivity contribution in [2.45, 2.75) is 44.6 Å². The summed E-state index contributed by atoms with van der Waals surface area (Å²) in [6, 6.07) is 5.64. The van der Waals surface area contributed by atoms with E-state index >= 15 is 0 Å². The monoisotopic (exact) mass is 419 g/mol. The van der Waals surface area contributed by atoms with Gasteiger partial charge in [0.1, 0.15) is 17.0 Å². The molecule has 7 rings (SSSR count). The van der Waals surface area contributed by atoms with Gasteiger partial charge in [-0.2, -0.15) is 0 Å². The first kappa shape index (κ1) is 18.2. The third-order valence-corrected chi connectivity index (χ3v) is 9.00. The van der Waals surface area contributed by atoms with Gasteiger partial charge in [-0.25, -0.2) is 4.98 Å². The molecule has 2 bridgehead atoms. The summed E-state index contributed by atoms with van der Waals surface area (Å²) < 4.78 is 1.75. The summed E-state index contributed by atoms with van der Waals surface area (Å²) in [4.78, 5) is 30.2. The fraction of sp³-hybridized carbons (Fsp3) is 0.625. The van der Waals surface area contributed by atoms with E-state index in [1.807, 2.05) is 18.2 Å². The van der Waals surface area contributed by atoms with Crippen molar-refractivity contribution in [1.82, 2.24) is 25.3 Å². The van der Waals surface area contributed by atoms with Crippen LogP contribution in [0.2, 0.25) is 0 Å². The van der Waals surface area contributed by atoms with Crippen LogP contribution < -0.4 is 16.0 Å². The van der Waals surface area contributed by atoms with Gasteiger partial charge in [0.15, 0.2) is 0 Å². The highest BCUT2D eigenvalue weighted by Gasteiger charge is 2.76. The summed E-state index contributed by atoms with van der Waals surface area (Å²) in [7, 11) is 0. The van der Waals surface area contributed by atoms with E-state index in [1.54, 1.807) is 10.6 Å². The van der Waals surface area contributed by atoms with Crippen molar-refractivity contribution in [2.24, 2.45) is 28.6 Å². The maximum atomic E-state index is 13.1. The Bertz CT molecular complexity index is 1100. The molecule has 1 saturated heterocycles. The van der Waals surface area contributed by atoms with Crippen molar-refractivity contribution in [2.75, 3.05) is 19.6 Å². The lowest BCUT2D eigenvalue weighted by Crippen LogP contribution is -2.40. The third-order valence-electron chi connectivity index (χ3n) is 9.00. The van der Waals surface area contributed by atoms with Crippen molar-refractivity contribution in [3.63, 3.8) is 0 Å². The van der Waals surface area contributed by atoms with E-state index < -0.39 is 0 Å². The summed E-state index contributed by atoms with van der Waals surface area (Å²) in [6.45, 7) is 2.49. The standard InChI is InChI=1S/C24H29N5O2/c30-21(27-16-4-5-25-10-16)18-11-29-19(2-1-3-20(29)28-18)22(31)26-13-23-7-14-6-17(14)24(12-23)9-15(24)8-23/h1-3,11,14-17,25H,4-10,12-13H2,(H,26,31)(H,27,30)/t14?,15?,16?,17-,23?,24?/m0/s1. The first-order valence-electron chi connectivity index (χ1n) is 11.8. The predicted molar refractivity (Wildman–Crippen MR) is 115 cm³/mol. The van der Waals surface area contributed by atoms with Gasteiger partial charge in [-0.3, -0.25) is 14.0 Å². The van der Waals surface area contributed by atoms with Crippen molar-refractivity contribution in [3.05, 3.63) is 35.8 Å². The van der Waals surface area contributed by atoms with Gasteiger partial charge in [-0.15, -0.1) is 0 Å². The Morgan fingerprint density at radius 1 is 1.23 bits per heavy atom. The number of fused-ring (bicyclic) bond motifs is 3. The highest BCUT2D eigenvalue weighted by molar-refractivity contribution is 5.95. The van der Waals surface area contributed by atoms with Gasteiger partial charge in [-0.1, -0.05) is 6.07 Å². The van der Waals surface area contributed by atoms with Gasteiger partial charge in [0.05, 0.1) is 0 Å². The summed E-state index contributed by atoms with van der Waals surface area (Å²) in [5.41, 5.74) is 2.51. The highest BCUT2D eigenvalue weighted by atomic mass is 16.2. The maximum Gasteiger partial charge on any atom is 0.271 e. The van der Waals surface area contributed by atoms with E-state index in [1.165, 1.54) is 32.1 Å². The summed E-state index contributed by atoms with van der Waals surface area (Å²) in [5, 5.41) is 9.53. The molecule has 3 N–H and O–H groups in total. The SMILES string of the molecule is O=C(NC1CCNC1)c1cn2c(C(=O)NCC34CC5C[C@@H]5C5(CC5C3)C4)cccc2n1. The number of imidazole rings is 1. The molecule has 2 aromatic rings. The Hall–Kier alpha value is -2.41. The van der Waals surface area contributed by atoms with Crippen LogP contribution in [0.15, 0.2) is 24.4 Å². The molecule has 5 unspecified atom stereocenters. The van der Waals surface area contributed by atoms with E-state index in [9.17, 15) is 9.59 Å². The highest BCUT2D eigenvalue weighted by Crippen LogP contribution is 2.83. The maximum absolute atomic E-state index is 13.1. The summed E-state index contributed by atoms with van der Waals surface area (Å²) in [5.74, 6) is 2.60. The van der Waals surface area contributed by atoms with Crippen molar-refractivity contribution < 1.29 is 9.59 Å². The predicted octanol–water partition coefficient (Wildman–Crippen LogP) is 1.98. The molecule has 4 aliphatic carbocycles. The average Bonchev–Trinajstić information content (AvgIpc) is 3.45. The van der Waals surface area contributed by atoms with E-state index in [-0.39, 0.29) is 17.9 Å². The largest absolute Gasteiger partial charge is 0.350 e. The van der Waals surface area contributed by atoms with Gasteiger partial charge in [0, 0.05) is 25.3 Å². The summed E-state index contributed by atoms with van der Waals surface area (Å²) in [6.07, 6.45) is 9.42. The number of hydrogen-bond acceptors (Lipinski definition) is 4. The molecule has 2 amide bonds. The van der Waals surface area contributed by atoms with Gasteiger partial charge < -0.3 is 16.0 Å². The van der Waals surface area contributed by atoms with Crippen LogP contribution in [-0.2, 0) is 0 Å². The molecule has 7 heteroatoms. The Labute approximate surface area is 181 Å². The van der Waals surface area contributed by atoms with Crippen LogP contribution in [0, 0.1) is 28.6 Å². The van der Waals surface area contributed by atoms with Gasteiger partial charge >= 0.3 is 0 Å². The quantitative estimate of drug-likeness (QED) is 0.692. The average molecular weight is 420 g/mol. The Balaban J connectivity index is 1.08. The lowest BCUT2D eigenvalue weighted by molar-refractivity contribution is 0.0888. The first-order valence-corrected chi connectivity index (χ1v) is 11.8. The molecule has 7 nitrogen and oxygen atoms in total. The molecule has 1 spiro atoms. The molecule has 0 aromatic carbocycles. The van der Waals surface area contributed by atoms with Crippen LogP contribution >= 0.6 is 0 Å². The Morgan fingerprint density at radius 3 is 3.03 bits per heavy atom. The number of nitrogens with one attached hydrogen (secondary N) is 3. The molecule has 4 saturated carbocycles. The first-order chi connectivity index (χ1) is 15.1. The van der Waals surface area contributed by atoms with Crippen LogP contribution in [0.4, 0.5) is 0 Å². The van der Waals surface area contributed by atoms with E-state index in [2.05, 4.69) is 20.9 Å². The topological polar surface area (TPSA) is 87.5 Å². The van der Waals surface area contributed by atoms with Crippen LogP contribution in [0.5, 0.6) is 0 Å². The number of carbonyl (C=O) groups is 2. The fourth-order valence-corrected chi connectivity index (χ4v) is 7.57. The molecular weight excluding hydrogens is 390 g/mol. The fourth-order valence-electron chi connectivity index (χ4n) is 7.57. The smallest absolute Gasteiger partial charge is 0.271 e. The lowest BCUT2D eigenvalue weighted by Gasteiger charge is -2.36. The van der Waals surface area contributed by atoms with Crippen molar-refractivity contribution in [1.29, 1.82) is 0 Å². The Kier molecular flexibility index (Phi) is 3.57. The zero-order chi connectivity index (χ0) is 20.8. The normalized spacial score (nSPS) is 39.1. The number of carbonyl (C=O) groups excluding carboxylic acids is 2. The Morgan fingerprint density at radius 2 is 2.16 bits per heavy atom. The molecule has 3 heterocycles. The number of amides is 2. The minimum atomic E-state index is -0.181. The second-order valence-corrected chi connectivity index (χ2v) is 10.9. The van der Waals surface area contributed by atoms with Gasteiger partial charge in [0.2, 0.25) is 0 Å². The number of rotatable bonds is 5. The number of pyridine rings is 1. The number of hydrogen-bond donors (Lipinski definition) is 3. The number of aromatic nitrogens is 2. The van der Waals surface area contributed by atoms with Gasteiger partial charge in [-0.05, 0) is 85.8 Å². The molecule has 2 aromatic heterocycles. The summed E-state index contributed by atoms with van der Waals surface area (Å²) >= 11 is 0.